The number of hydrogen-bond acceptors (Lipinski definition) is 3. The molecular formula is C14H20BrN5O. The van der Waals surface area contributed by atoms with Gasteiger partial charge in [0.2, 0.25) is 5.91 Å². The summed E-state index contributed by atoms with van der Waals surface area (Å²) in [6, 6.07) is 1.47. The Morgan fingerprint density at radius 1 is 1.43 bits per heavy atom. The van der Waals surface area contributed by atoms with Gasteiger partial charge in [0, 0.05) is 12.7 Å². The summed E-state index contributed by atoms with van der Waals surface area (Å²) in [5, 5.41) is 11.5. The normalized spacial score (nSPS) is 14.0. The molecule has 0 aliphatic heterocycles. The zero-order valence-electron chi connectivity index (χ0n) is 12.7. The van der Waals surface area contributed by atoms with Gasteiger partial charge < -0.3 is 5.32 Å². The summed E-state index contributed by atoms with van der Waals surface area (Å²) in [6.07, 6.45) is 3.45. The molecular weight excluding hydrogens is 334 g/mol. The van der Waals surface area contributed by atoms with Crippen LogP contribution in [0.4, 0.5) is 0 Å². The highest BCUT2D eigenvalue weighted by Gasteiger charge is 2.21. The van der Waals surface area contributed by atoms with Crippen LogP contribution in [-0.2, 0) is 11.3 Å². The molecule has 0 spiro atoms. The lowest BCUT2D eigenvalue weighted by Gasteiger charge is -2.19. The highest BCUT2D eigenvalue weighted by Crippen LogP contribution is 2.19. The van der Waals surface area contributed by atoms with E-state index in [-0.39, 0.29) is 18.0 Å². The number of nitrogens with one attached hydrogen (secondary N) is 1. The Bertz CT molecular complexity index is 633. The zero-order chi connectivity index (χ0) is 15.6. The minimum atomic E-state index is -0.364. The van der Waals surface area contributed by atoms with E-state index in [2.05, 4.69) is 31.4 Å². The first-order valence-electron chi connectivity index (χ1n) is 6.97. The third-order valence-corrected chi connectivity index (χ3v) is 4.36. The van der Waals surface area contributed by atoms with Crippen molar-refractivity contribution in [2.24, 2.45) is 0 Å². The minimum Gasteiger partial charge on any atom is -0.346 e. The molecule has 2 rings (SSSR count). The van der Waals surface area contributed by atoms with Gasteiger partial charge in [-0.3, -0.25) is 14.2 Å². The van der Waals surface area contributed by atoms with Gasteiger partial charge in [0.15, 0.2) is 0 Å². The van der Waals surface area contributed by atoms with Crippen molar-refractivity contribution >= 4 is 21.8 Å². The number of aryl methyl sites for hydroxylation is 1. The summed E-state index contributed by atoms with van der Waals surface area (Å²) < 4.78 is 4.49. The number of carbonyl (C=O) groups is 1. The molecule has 21 heavy (non-hydrogen) atoms. The van der Waals surface area contributed by atoms with Crippen LogP contribution in [-0.4, -0.2) is 25.5 Å². The van der Waals surface area contributed by atoms with Crippen LogP contribution in [0.25, 0.3) is 0 Å². The molecule has 7 heteroatoms. The van der Waals surface area contributed by atoms with Crippen molar-refractivity contribution in [2.75, 3.05) is 0 Å². The predicted octanol–water partition coefficient (Wildman–Crippen LogP) is 2.61. The Kier molecular flexibility index (Phi) is 4.82. The Hall–Kier alpha value is -1.63. The molecule has 6 nitrogen and oxygen atoms in total. The molecule has 0 fully saturated rings. The number of rotatable bonds is 5. The standard InChI is InChI=1S/C14H20BrN5O/c1-5-19-13(6-7-16-19)9(2)18-14(21)11(4)20-10(3)12(15)8-17-20/h6-9,11H,5H2,1-4H3,(H,18,21). The first-order chi connectivity index (χ1) is 9.95. The Morgan fingerprint density at radius 3 is 2.71 bits per heavy atom. The molecule has 0 radical (unpaired) electrons. The molecule has 1 amide bonds. The van der Waals surface area contributed by atoms with E-state index in [1.165, 1.54) is 0 Å². The second-order valence-corrected chi connectivity index (χ2v) is 5.85. The lowest BCUT2D eigenvalue weighted by molar-refractivity contribution is -0.124. The van der Waals surface area contributed by atoms with E-state index in [4.69, 9.17) is 0 Å². The van der Waals surface area contributed by atoms with Crippen molar-refractivity contribution in [3.05, 3.63) is 34.3 Å². The van der Waals surface area contributed by atoms with Crippen LogP contribution in [0.2, 0.25) is 0 Å². The van der Waals surface area contributed by atoms with Crippen molar-refractivity contribution in [1.29, 1.82) is 0 Å². The second-order valence-electron chi connectivity index (χ2n) is 5.00. The third-order valence-electron chi connectivity index (χ3n) is 3.58. The fourth-order valence-electron chi connectivity index (χ4n) is 2.29. The van der Waals surface area contributed by atoms with Gasteiger partial charge in [0.05, 0.1) is 28.1 Å². The topological polar surface area (TPSA) is 64.7 Å². The minimum absolute atomic E-state index is 0.0648. The number of amides is 1. The molecule has 114 valence electrons. The molecule has 0 aromatic carbocycles. The van der Waals surface area contributed by atoms with Crippen LogP contribution in [0.1, 0.15) is 44.2 Å². The summed E-state index contributed by atoms with van der Waals surface area (Å²) in [5.41, 5.74) is 1.93. The van der Waals surface area contributed by atoms with Crippen molar-refractivity contribution in [3.8, 4) is 0 Å². The van der Waals surface area contributed by atoms with E-state index in [0.29, 0.717) is 0 Å². The fourth-order valence-corrected chi connectivity index (χ4v) is 2.56. The van der Waals surface area contributed by atoms with Crippen LogP contribution in [0.3, 0.4) is 0 Å². The largest absolute Gasteiger partial charge is 0.346 e. The summed E-state index contributed by atoms with van der Waals surface area (Å²) in [7, 11) is 0. The molecule has 2 aromatic heterocycles. The molecule has 2 aromatic rings. The average Bonchev–Trinajstić information content (AvgIpc) is 3.06. The highest BCUT2D eigenvalue weighted by atomic mass is 79.9. The van der Waals surface area contributed by atoms with E-state index < -0.39 is 0 Å². The number of hydrogen-bond donors (Lipinski definition) is 1. The molecule has 0 saturated heterocycles. The van der Waals surface area contributed by atoms with Crippen molar-refractivity contribution < 1.29 is 4.79 Å². The molecule has 1 N–H and O–H groups in total. The van der Waals surface area contributed by atoms with Crippen LogP contribution in [0, 0.1) is 6.92 Å². The van der Waals surface area contributed by atoms with Crippen molar-refractivity contribution in [1.82, 2.24) is 24.9 Å². The molecule has 0 bridgehead atoms. The lowest BCUT2D eigenvalue weighted by Crippen LogP contribution is -2.34. The Morgan fingerprint density at radius 2 is 2.14 bits per heavy atom. The van der Waals surface area contributed by atoms with Crippen molar-refractivity contribution in [2.45, 2.75) is 46.3 Å². The second kappa shape index (κ2) is 6.43. The first kappa shape index (κ1) is 15.8. The molecule has 2 unspecified atom stereocenters. The smallest absolute Gasteiger partial charge is 0.245 e. The van der Waals surface area contributed by atoms with Gasteiger partial charge in [-0.25, -0.2) is 0 Å². The molecule has 2 heterocycles. The average molecular weight is 354 g/mol. The monoisotopic (exact) mass is 353 g/mol. The summed E-state index contributed by atoms with van der Waals surface area (Å²) in [6.45, 7) is 8.53. The van der Waals surface area contributed by atoms with Gasteiger partial charge in [-0.15, -0.1) is 0 Å². The van der Waals surface area contributed by atoms with Gasteiger partial charge in [-0.1, -0.05) is 0 Å². The number of carbonyl (C=O) groups excluding carboxylic acids is 1. The van der Waals surface area contributed by atoms with Gasteiger partial charge in [0.25, 0.3) is 0 Å². The summed E-state index contributed by atoms with van der Waals surface area (Å²) >= 11 is 3.41. The zero-order valence-corrected chi connectivity index (χ0v) is 14.3. The SMILES string of the molecule is CCn1nccc1C(C)NC(=O)C(C)n1ncc(Br)c1C. The molecule has 0 aliphatic rings. The van der Waals surface area contributed by atoms with Crippen LogP contribution in [0.15, 0.2) is 22.9 Å². The fraction of sp³-hybridized carbons (Fsp3) is 0.500. The maximum atomic E-state index is 12.4. The molecule has 0 saturated carbocycles. The maximum absolute atomic E-state index is 12.4. The van der Waals surface area contributed by atoms with Crippen LogP contribution in [0.5, 0.6) is 0 Å². The number of aromatic nitrogens is 4. The lowest BCUT2D eigenvalue weighted by atomic mass is 10.2. The summed E-state index contributed by atoms with van der Waals surface area (Å²) in [5.74, 6) is -0.0648. The first-order valence-corrected chi connectivity index (χ1v) is 7.76. The van der Waals surface area contributed by atoms with Crippen LogP contribution < -0.4 is 5.32 Å². The molecule has 2 atom stereocenters. The van der Waals surface area contributed by atoms with E-state index >= 15 is 0 Å². The molecule has 0 aliphatic carbocycles. The maximum Gasteiger partial charge on any atom is 0.245 e. The quantitative estimate of drug-likeness (QED) is 0.898. The summed E-state index contributed by atoms with van der Waals surface area (Å²) in [4.78, 5) is 12.4. The van der Waals surface area contributed by atoms with E-state index in [1.807, 2.05) is 38.4 Å². The Labute approximate surface area is 132 Å². The Balaban J connectivity index is 2.09. The third kappa shape index (κ3) is 3.18. The van der Waals surface area contributed by atoms with Crippen LogP contribution >= 0.6 is 15.9 Å². The van der Waals surface area contributed by atoms with Gasteiger partial charge in [-0.05, 0) is 49.7 Å². The number of halogens is 1. The van der Waals surface area contributed by atoms with E-state index in [0.717, 1.165) is 22.4 Å². The van der Waals surface area contributed by atoms with E-state index in [1.54, 1.807) is 17.1 Å². The highest BCUT2D eigenvalue weighted by molar-refractivity contribution is 9.10. The van der Waals surface area contributed by atoms with Gasteiger partial charge in [0.1, 0.15) is 6.04 Å². The number of nitrogens with zero attached hydrogens (tertiary/aromatic N) is 4. The predicted molar refractivity (Wildman–Crippen MR) is 83.8 cm³/mol. The van der Waals surface area contributed by atoms with Gasteiger partial charge >= 0.3 is 0 Å². The van der Waals surface area contributed by atoms with Crippen molar-refractivity contribution in [3.63, 3.8) is 0 Å². The van der Waals surface area contributed by atoms with Gasteiger partial charge in [-0.2, -0.15) is 10.2 Å². The van der Waals surface area contributed by atoms with E-state index in [9.17, 15) is 4.79 Å².